The van der Waals surface area contributed by atoms with Crippen LogP contribution >= 0.6 is 22.6 Å². The number of rotatable bonds is 11. The predicted octanol–water partition coefficient (Wildman–Crippen LogP) is 9.74. The highest BCUT2D eigenvalue weighted by Gasteiger charge is 2.12. The molecule has 0 aliphatic carbocycles. The van der Waals surface area contributed by atoms with Crippen molar-refractivity contribution in [3.63, 3.8) is 0 Å². The Bertz CT molecular complexity index is 607. The lowest BCUT2D eigenvalue weighted by Gasteiger charge is -2.18. The minimum absolute atomic E-state index is 0.282. The first kappa shape index (κ1) is 26.2. The van der Waals surface area contributed by atoms with Crippen LogP contribution in [0.3, 0.4) is 0 Å². The van der Waals surface area contributed by atoms with Crippen LogP contribution in [0.4, 0.5) is 0 Å². The van der Waals surface area contributed by atoms with Gasteiger partial charge in [-0.2, -0.15) is 0 Å². The van der Waals surface area contributed by atoms with E-state index in [2.05, 4.69) is 105 Å². The molecule has 0 amide bonds. The normalized spacial score (nSPS) is 11.1. The molecule has 0 aliphatic heterocycles. The topological polar surface area (TPSA) is 0 Å². The van der Waals surface area contributed by atoms with Crippen molar-refractivity contribution in [1.29, 1.82) is 0 Å². The number of benzene rings is 2. The van der Waals surface area contributed by atoms with Gasteiger partial charge >= 0.3 is 0 Å². The highest BCUT2D eigenvalue weighted by Crippen LogP contribution is 2.22. The second-order valence-electron chi connectivity index (χ2n) is 9.17. The lowest BCUT2D eigenvalue weighted by molar-refractivity contribution is 0.556. The van der Waals surface area contributed by atoms with Crippen molar-refractivity contribution in [2.24, 2.45) is 0 Å². The fourth-order valence-corrected chi connectivity index (χ4v) is 3.77. The molecule has 0 nitrogen and oxygen atoms in total. The standard InChI is InChI=1S/C18H30.C10H13I/c1-2-3-4-5-6-7-8-9-10-12-15-18-16-13-11-14-17-18;1-10(2,3)8-4-6-9(11)7-5-8/h11,13-14,16-17H,2-10,12,15H2,1H3;4-7H,1-3H3. The summed E-state index contributed by atoms with van der Waals surface area (Å²) in [5, 5.41) is 0. The van der Waals surface area contributed by atoms with Crippen LogP contribution < -0.4 is 0 Å². The maximum atomic E-state index is 2.32. The SMILES string of the molecule is CC(C)(C)c1ccc(I)cc1.CCCCCCCCCCCCc1ccccc1. The van der Waals surface area contributed by atoms with Crippen molar-refractivity contribution >= 4 is 22.6 Å². The van der Waals surface area contributed by atoms with Crippen molar-refractivity contribution in [3.8, 4) is 0 Å². The molecule has 0 fully saturated rings. The van der Waals surface area contributed by atoms with Crippen molar-refractivity contribution < 1.29 is 0 Å². The van der Waals surface area contributed by atoms with Gasteiger partial charge in [-0.15, -0.1) is 0 Å². The first-order valence-corrected chi connectivity index (χ1v) is 12.8. The summed E-state index contributed by atoms with van der Waals surface area (Å²) in [5.41, 5.74) is 3.18. The Kier molecular flexibility index (Phi) is 14.4. The van der Waals surface area contributed by atoms with Crippen LogP contribution in [-0.2, 0) is 11.8 Å². The summed E-state index contributed by atoms with van der Waals surface area (Å²) in [6.07, 6.45) is 15.5. The summed E-state index contributed by atoms with van der Waals surface area (Å²) in [4.78, 5) is 0. The zero-order chi connectivity index (χ0) is 21.4. The Hall–Kier alpha value is -0.830. The van der Waals surface area contributed by atoms with Crippen LogP contribution in [0.15, 0.2) is 54.6 Å². The van der Waals surface area contributed by atoms with Gasteiger partial charge in [0.1, 0.15) is 0 Å². The summed E-state index contributed by atoms with van der Waals surface area (Å²) < 4.78 is 1.30. The molecule has 0 N–H and O–H groups in total. The van der Waals surface area contributed by atoms with E-state index >= 15 is 0 Å². The molecule has 0 heterocycles. The van der Waals surface area contributed by atoms with Gasteiger partial charge in [0, 0.05) is 3.57 Å². The van der Waals surface area contributed by atoms with Crippen molar-refractivity contribution in [2.45, 2.75) is 104 Å². The van der Waals surface area contributed by atoms with Crippen LogP contribution in [0.1, 0.15) is 103 Å². The molecule has 1 heteroatoms. The second-order valence-corrected chi connectivity index (χ2v) is 10.4. The largest absolute Gasteiger partial charge is 0.0654 e. The van der Waals surface area contributed by atoms with Gasteiger partial charge in [-0.05, 0) is 64.1 Å². The third-order valence-electron chi connectivity index (χ3n) is 5.37. The van der Waals surface area contributed by atoms with Gasteiger partial charge < -0.3 is 0 Å². The average Bonchev–Trinajstić information content (AvgIpc) is 2.70. The van der Waals surface area contributed by atoms with Gasteiger partial charge in [0.25, 0.3) is 0 Å². The van der Waals surface area contributed by atoms with Gasteiger partial charge in [-0.1, -0.05) is 128 Å². The zero-order valence-corrected chi connectivity index (χ0v) is 21.5. The van der Waals surface area contributed by atoms with Crippen LogP contribution in [0.2, 0.25) is 0 Å². The molecule has 0 bridgehead atoms. The van der Waals surface area contributed by atoms with Gasteiger partial charge in [-0.3, -0.25) is 0 Å². The van der Waals surface area contributed by atoms with E-state index in [-0.39, 0.29) is 5.41 Å². The van der Waals surface area contributed by atoms with E-state index in [9.17, 15) is 0 Å². The van der Waals surface area contributed by atoms with Crippen LogP contribution in [0.25, 0.3) is 0 Å². The number of hydrogen-bond donors (Lipinski definition) is 0. The minimum atomic E-state index is 0.282. The molecule has 0 aliphatic rings. The molecule has 29 heavy (non-hydrogen) atoms. The third kappa shape index (κ3) is 13.9. The molecule has 2 aromatic carbocycles. The van der Waals surface area contributed by atoms with E-state index in [1.54, 1.807) is 0 Å². The summed E-state index contributed by atoms with van der Waals surface area (Å²) in [6.45, 7) is 8.98. The maximum Gasteiger partial charge on any atom is 0.0130 e. The quantitative estimate of drug-likeness (QED) is 0.210. The Labute approximate surface area is 195 Å². The van der Waals surface area contributed by atoms with E-state index in [0.29, 0.717) is 0 Å². The molecule has 0 aromatic heterocycles. The molecular weight excluding hydrogens is 463 g/mol. The summed E-state index contributed by atoms with van der Waals surface area (Å²) >= 11 is 2.32. The number of hydrogen-bond acceptors (Lipinski definition) is 0. The molecule has 162 valence electrons. The maximum absolute atomic E-state index is 2.32. The monoisotopic (exact) mass is 506 g/mol. The number of unbranched alkanes of at least 4 members (excludes halogenated alkanes) is 9. The Morgan fingerprint density at radius 1 is 0.621 bits per heavy atom. The van der Waals surface area contributed by atoms with Crippen LogP contribution in [0, 0.1) is 3.57 Å². The van der Waals surface area contributed by atoms with Gasteiger partial charge in [-0.25, -0.2) is 0 Å². The third-order valence-corrected chi connectivity index (χ3v) is 6.09. The minimum Gasteiger partial charge on any atom is -0.0654 e. The molecule has 0 spiro atoms. The second kappa shape index (κ2) is 15.9. The average molecular weight is 507 g/mol. The smallest absolute Gasteiger partial charge is 0.0130 e. The van der Waals surface area contributed by atoms with E-state index in [4.69, 9.17) is 0 Å². The molecule has 0 unspecified atom stereocenters. The summed E-state index contributed by atoms with van der Waals surface area (Å²) in [6, 6.07) is 19.6. The fourth-order valence-electron chi connectivity index (χ4n) is 3.41. The molecule has 2 rings (SSSR count). The van der Waals surface area contributed by atoms with Crippen molar-refractivity contribution in [1.82, 2.24) is 0 Å². The number of halogens is 1. The van der Waals surface area contributed by atoms with Gasteiger partial charge in [0.15, 0.2) is 0 Å². The highest BCUT2D eigenvalue weighted by molar-refractivity contribution is 14.1. The lowest BCUT2D eigenvalue weighted by atomic mass is 9.87. The van der Waals surface area contributed by atoms with E-state index in [1.807, 2.05) is 0 Å². The Balaban J connectivity index is 0.000000326. The first-order valence-electron chi connectivity index (χ1n) is 11.7. The zero-order valence-electron chi connectivity index (χ0n) is 19.4. The first-order chi connectivity index (χ1) is 13.9. The van der Waals surface area contributed by atoms with Crippen LogP contribution in [-0.4, -0.2) is 0 Å². The lowest BCUT2D eigenvalue weighted by Crippen LogP contribution is -2.10. The molecule has 0 atom stereocenters. The molecule has 0 saturated carbocycles. The Morgan fingerprint density at radius 3 is 1.59 bits per heavy atom. The Morgan fingerprint density at radius 2 is 1.10 bits per heavy atom. The summed E-state index contributed by atoms with van der Waals surface area (Å²) in [7, 11) is 0. The molecular formula is C28H43I. The highest BCUT2D eigenvalue weighted by atomic mass is 127. The van der Waals surface area contributed by atoms with Crippen molar-refractivity contribution in [3.05, 3.63) is 69.3 Å². The van der Waals surface area contributed by atoms with Gasteiger partial charge in [0.2, 0.25) is 0 Å². The van der Waals surface area contributed by atoms with E-state index in [0.717, 1.165) is 0 Å². The molecule has 0 radical (unpaired) electrons. The fraction of sp³-hybridized carbons (Fsp3) is 0.571. The molecule has 0 saturated heterocycles. The summed E-state index contributed by atoms with van der Waals surface area (Å²) in [5.74, 6) is 0. The number of aryl methyl sites for hydroxylation is 1. The molecule has 2 aromatic rings. The predicted molar refractivity (Wildman–Crippen MR) is 140 cm³/mol. The van der Waals surface area contributed by atoms with Gasteiger partial charge in [0.05, 0.1) is 0 Å². The van der Waals surface area contributed by atoms with E-state index < -0.39 is 0 Å². The van der Waals surface area contributed by atoms with E-state index in [1.165, 1.54) is 85.3 Å². The van der Waals surface area contributed by atoms with Crippen LogP contribution in [0.5, 0.6) is 0 Å². The van der Waals surface area contributed by atoms with Crippen molar-refractivity contribution in [2.75, 3.05) is 0 Å².